The number of pyridine rings is 1. The number of aromatic nitrogens is 1. The number of nitrogens with zero attached hydrogens (tertiary/aromatic N) is 3. The number of carbonyl (C=O) groups is 1. The number of aliphatic hydroxyl groups is 1. The number of rotatable bonds is 2. The summed E-state index contributed by atoms with van der Waals surface area (Å²) in [6, 6.07) is 3.40. The van der Waals surface area contributed by atoms with Gasteiger partial charge < -0.3 is 10.0 Å². The Kier molecular flexibility index (Phi) is 3.26. The Labute approximate surface area is 99.4 Å². The SMILES string of the molecule is CN(C)C(=O)c1ccc(N2CC(O)CO2)nc1. The molecule has 0 saturated carbocycles. The van der Waals surface area contributed by atoms with Crippen LogP contribution in [-0.4, -0.2) is 54.2 Å². The van der Waals surface area contributed by atoms with Gasteiger partial charge in [-0.3, -0.25) is 9.63 Å². The summed E-state index contributed by atoms with van der Waals surface area (Å²) in [4.78, 5) is 22.5. The summed E-state index contributed by atoms with van der Waals surface area (Å²) in [7, 11) is 3.38. The van der Waals surface area contributed by atoms with E-state index in [0.29, 0.717) is 17.9 Å². The Hall–Kier alpha value is -1.66. The summed E-state index contributed by atoms with van der Waals surface area (Å²) in [5, 5.41) is 10.8. The van der Waals surface area contributed by atoms with Crippen molar-refractivity contribution in [1.29, 1.82) is 0 Å². The maximum absolute atomic E-state index is 11.6. The van der Waals surface area contributed by atoms with Crippen molar-refractivity contribution in [2.75, 3.05) is 32.3 Å². The van der Waals surface area contributed by atoms with Crippen LogP contribution in [0.3, 0.4) is 0 Å². The number of β-amino-alcohol motifs (C(OH)–C–C–N with tert-alkyl or cyclic N) is 1. The van der Waals surface area contributed by atoms with E-state index in [9.17, 15) is 9.90 Å². The number of amides is 1. The Balaban J connectivity index is 2.10. The zero-order chi connectivity index (χ0) is 12.4. The highest BCUT2D eigenvalue weighted by Gasteiger charge is 2.22. The second-order valence-electron chi connectivity index (χ2n) is 4.12. The van der Waals surface area contributed by atoms with Gasteiger partial charge in [-0.05, 0) is 12.1 Å². The third-order valence-electron chi connectivity index (χ3n) is 2.46. The maximum Gasteiger partial charge on any atom is 0.254 e. The molecule has 2 rings (SSSR count). The predicted molar refractivity (Wildman–Crippen MR) is 61.6 cm³/mol. The van der Waals surface area contributed by atoms with Gasteiger partial charge >= 0.3 is 0 Å². The number of hydrogen-bond acceptors (Lipinski definition) is 5. The number of hydroxylamine groups is 1. The van der Waals surface area contributed by atoms with Crippen molar-refractivity contribution in [2.24, 2.45) is 0 Å². The molecule has 1 unspecified atom stereocenters. The van der Waals surface area contributed by atoms with Crippen LogP contribution in [0.1, 0.15) is 10.4 Å². The predicted octanol–water partition coefficient (Wildman–Crippen LogP) is -0.104. The van der Waals surface area contributed by atoms with Gasteiger partial charge in [0.25, 0.3) is 5.91 Å². The second kappa shape index (κ2) is 4.68. The largest absolute Gasteiger partial charge is 0.389 e. The van der Waals surface area contributed by atoms with Crippen LogP contribution in [0.4, 0.5) is 5.82 Å². The van der Waals surface area contributed by atoms with Crippen molar-refractivity contribution in [3.05, 3.63) is 23.9 Å². The first-order chi connectivity index (χ1) is 8.08. The van der Waals surface area contributed by atoms with Crippen LogP contribution in [0.15, 0.2) is 18.3 Å². The highest BCUT2D eigenvalue weighted by Crippen LogP contribution is 2.17. The minimum Gasteiger partial charge on any atom is -0.389 e. The van der Waals surface area contributed by atoms with Gasteiger partial charge in [-0.1, -0.05) is 0 Å². The first-order valence-corrected chi connectivity index (χ1v) is 5.34. The molecule has 0 radical (unpaired) electrons. The van der Waals surface area contributed by atoms with E-state index in [0.717, 1.165) is 0 Å². The summed E-state index contributed by atoms with van der Waals surface area (Å²) < 4.78 is 0. The molecule has 2 heterocycles. The molecule has 92 valence electrons. The topological polar surface area (TPSA) is 65.9 Å². The highest BCUT2D eigenvalue weighted by molar-refractivity contribution is 5.93. The summed E-state index contributed by atoms with van der Waals surface area (Å²) in [5.41, 5.74) is 0.526. The van der Waals surface area contributed by atoms with E-state index in [4.69, 9.17) is 4.84 Å². The minimum absolute atomic E-state index is 0.0913. The van der Waals surface area contributed by atoms with E-state index in [1.165, 1.54) is 16.2 Å². The van der Waals surface area contributed by atoms with E-state index in [1.54, 1.807) is 26.2 Å². The molecule has 17 heavy (non-hydrogen) atoms. The van der Waals surface area contributed by atoms with Gasteiger partial charge in [-0.25, -0.2) is 10.0 Å². The lowest BCUT2D eigenvalue weighted by atomic mass is 10.2. The van der Waals surface area contributed by atoms with E-state index in [1.807, 2.05) is 0 Å². The van der Waals surface area contributed by atoms with Crippen molar-refractivity contribution in [2.45, 2.75) is 6.10 Å². The molecule has 1 N–H and O–H groups in total. The summed E-state index contributed by atoms with van der Waals surface area (Å²) in [6.45, 7) is 0.675. The lowest BCUT2D eigenvalue weighted by molar-refractivity contribution is 0.0827. The van der Waals surface area contributed by atoms with Crippen molar-refractivity contribution in [1.82, 2.24) is 9.88 Å². The monoisotopic (exact) mass is 237 g/mol. The zero-order valence-corrected chi connectivity index (χ0v) is 9.83. The van der Waals surface area contributed by atoms with Gasteiger partial charge in [0.05, 0.1) is 18.2 Å². The fraction of sp³-hybridized carbons (Fsp3) is 0.455. The molecule has 1 aromatic heterocycles. The van der Waals surface area contributed by atoms with Crippen LogP contribution in [0.2, 0.25) is 0 Å². The molecule has 1 aliphatic rings. The molecule has 0 aromatic carbocycles. The van der Waals surface area contributed by atoms with Crippen LogP contribution in [0, 0.1) is 0 Å². The average Bonchev–Trinajstić information content (AvgIpc) is 2.75. The Morgan fingerprint density at radius 3 is 2.82 bits per heavy atom. The smallest absolute Gasteiger partial charge is 0.254 e. The van der Waals surface area contributed by atoms with Gasteiger partial charge in [0.15, 0.2) is 5.82 Å². The number of aliphatic hydroxyl groups excluding tert-OH is 1. The van der Waals surface area contributed by atoms with Gasteiger partial charge in [0.1, 0.15) is 6.61 Å². The number of carbonyl (C=O) groups excluding carboxylic acids is 1. The highest BCUT2D eigenvalue weighted by atomic mass is 16.7. The van der Waals surface area contributed by atoms with Crippen LogP contribution in [-0.2, 0) is 4.84 Å². The summed E-state index contributed by atoms with van der Waals surface area (Å²) in [5.74, 6) is 0.503. The normalized spacial score (nSPS) is 19.5. The number of anilines is 1. The average molecular weight is 237 g/mol. The van der Waals surface area contributed by atoms with Crippen molar-refractivity contribution >= 4 is 11.7 Å². The minimum atomic E-state index is -0.486. The van der Waals surface area contributed by atoms with Crippen LogP contribution in [0.25, 0.3) is 0 Å². The Morgan fingerprint density at radius 1 is 1.59 bits per heavy atom. The van der Waals surface area contributed by atoms with Crippen LogP contribution in [0.5, 0.6) is 0 Å². The van der Waals surface area contributed by atoms with Crippen LogP contribution >= 0.6 is 0 Å². The molecule has 1 aromatic rings. The molecule has 6 heteroatoms. The quantitative estimate of drug-likeness (QED) is 0.777. The second-order valence-corrected chi connectivity index (χ2v) is 4.12. The van der Waals surface area contributed by atoms with Crippen molar-refractivity contribution in [3.63, 3.8) is 0 Å². The molecular formula is C11H15N3O3. The van der Waals surface area contributed by atoms with Gasteiger partial charge in [0, 0.05) is 20.3 Å². The van der Waals surface area contributed by atoms with Crippen molar-refractivity contribution < 1.29 is 14.7 Å². The first kappa shape index (κ1) is 11.8. The standard InChI is InChI=1S/C11H15N3O3/c1-13(2)11(16)8-3-4-10(12-5-8)14-6-9(15)7-17-14/h3-5,9,15H,6-7H2,1-2H3. The fourth-order valence-electron chi connectivity index (χ4n) is 1.55. The first-order valence-electron chi connectivity index (χ1n) is 5.34. The van der Waals surface area contributed by atoms with E-state index in [2.05, 4.69) is 4.98 Å². The van der Waals surface area contributed by atoms with E-state index < -0.39 is 6.10 Å². The maximum atomic E-state index is 11.6. The molecule has 1 amide bonds. The van der Waals surface area contributed by atoms with Crippen molar-refractivity contribution in [3.8, 4) is 0 Å². The molecule has 1 atom stereocenters. The fourth-order valence-corrected chi connectivity index (χ4v) is 1.55. The lowest BCUT2D eigenvalue weighted by Crippen LogP contribution is -2.23. The molecule has 1 saturated heterocycles. The Morgan fingerprint density at radius 2 is 2.35 bits per heavy atom. The lowest BCUT2D eigenvalue weighted by Gasteiger charge is -2.15. The number of hydrogen-bond donors (Lipinski definition) is 1. The van der Waals surface area contributed by atoms with Crippen LogP contribution < -0.4 is 5.06 Å². The summed E-state index contributed by atoms with van der Waals surface area (Å²) >= 11 is 0. The summed E-state index contributed by atoms with van der Waals surface area (Å²) in [6.07, 6.45) is 1.02. The third kappa shape index (κ3) is 2.54. The van der Waals surface area contributed by atoms with Gasteiger partial charge in [-0.15, -0.1) is 0 Å². The van der Waals surface area contributed by atoms with E-state index >= 15 is 0 Å². The molecular weight excluding hydrogens is 222 g/mol. The molecule has 1 aliphatic heterocycles. The molecule has 6 nitrogen and oxygen atoms in total. The molecule has 0 bridgehead atoms. The molecule has 1 fully saturated rings. The third-order valence-corrected chi connectivity index (χ3v) is 2.46. The van der Waals surface area contributed by atoms with Gasteiger partial charge in [-0.2, -0.15) is 0 Å². The molecule has 0 spiro atoms. The molecule has 0 aliphatic carbocycles. The Bertz CT molecular complexity index is 405. The van der Waals surface area contributed by atoms with Gasteiger partial charge in [0.2, 0.25) is 0 Å². The van der Waals surface area contributed by atoms with E-state index in [-0.39, 0.29) is 12.5 Å². The zero-order valence-electron chi connectivity index (χ0n) is 9.83.